The highest BCUT2D eigenvalue weighted by Gasteiger charge is 2.20. The zero-order valence-corrected chi connectivity index (χ0v) is 13.4. The van der Waals surface area contributed by atoms with Crippen molar-refractivity contribution in [3.63, 3.8) is 0 Å². The van der Waals surface area contributed by atoms with Gasteiger partial charge in [0, 0.05) is 10.7 Å². The number of nitrogens with one attached hydrogen (secondary N) is 1. The van der Waals surface area contributed by atoms with Gasteiger partial charge in [-0.05, 0) is 46.3 Å². The van der Waals surface area contributed by atoms with Crippen molar-refractivity contribution in [2.45, 2.75) is 4.90 Å². The van der Waals surface area contributed by atoms with Gasteiger partial charge >= 0.3 is 5.97 Å². The van der Waals surface area contributed by atoms with Gasteiger partial charge in [-0.3, -0.25) is 4.72 Å². The highest BCUT2D eigenvalue weighted by molar-refractivity contribution is 9.10. The Balaban J connectivity index is 2.41. The summed E-state index contributed by atoms with van der Waals surface area (Å²) in [5, 5.41) is 9.01. The summed E-state index contributed by atoms with van der Waals surface area (Å²) in [6.07, 6.45) is 1.40. The smallest absolute Gasteiger partial charge is 0.335 e. The van der Waals surface area contributed by atoms with Gasteiger partial charge in [-0.25, -0.2) is 18.2 Å². The molecule has 0 aliphatic rings. The van der Waals surface area contributed by atoms with Crippen molar-refractivity contribution in [1.82, 2.24) is 4.98 Å². The van der Waals surface area contributed by atoms with E-state index in [0.717, 1.165) is 0 Å². The van der Waals surface area contributed by atoms with Gasteiger partial charge in [-0.2, -0.15) is 0 Å². The number of hydrogen-bond acceptors (Lipinski definition) is 4. The SMILES string of the molecule is O=C(O)c1ccc(S(=O)(=O)Nc2ncccc2Cl)c(Br)c1. The predicted molar refractivity (Wildman–Crippen MR) is 81.2 cm³/mol. The van der Waals surface area contributed by atoms with Crippen LogP contribution in [0.5, 0.6) is 0 Å². The van der Waals surface area contributed by atoms with Crippen LogP contribution in [0.2, 0.25) is 5.02 Å². The minimum absolute atomic E-state index is 0.00613. The van der Waals surface area contributed by atoms with E-state index in [9.17, 15) is 13.2 Å². The number of benzene rings is 1. The van der Waals surface area contributed by atoms with Gasteiger partial charge in [0.1, 0.15) is 4.90 Å². The molecule has 0 atom stereocenters. The van der Waals surface area contributed by atoms with E-state index in [-0.39, 0.29) is 25.8 Å². The summed E-state index contributed by atoms with van der Waals surface area (Å²) in [4.78, 5) is 14.6. The lowest BCUT2D eigenvalue weighted by Crippen LogP contribution is -2.15. The summed E-state index contributed by atoms with van der Waals surface area (Å²) in [6, 6.07) is 6.65. The fourth-order valence-corrected chi connectivity index (χ4v) is 3.83. The van der Waals surface area contributed by atoms with Gasteiger partial charge in [0.15, 0.2) is 5.82 Å². The third-order valence-corrected chi connectivity index (χ3v) is 5.08. The molecule has 6 nitrogen and oxygen atoms in total. The lowest BCUT2D eigenvalue weighted by Gasteiger charge is -2.10. The molecule has 0 saturated carbocycles. The lowest BCUT2D eigenvalue weighted by atomic mass is 10.2. The molecule has 1 aromatic heterocycles. The quantitative estimate of drug-likeness (QED) is 0.835. The highest BCUT2D eigenvalue weighted by atomic mass is 79.9. The maximum atomic E-state index is 12.3. The molecule has 2 N–H and O–H groups in total. The van der Waals surface area contributed by atoms with Crippen molar-refractivity contribution < 1.29 is 18.3 Å². The monoisotopic (exact) mass is 390 g/mol. The zero-order valence-electron chi connectivity index (χ0n) is 10.2. The summed E-state index contributed by atoms with van der Waals surface area (Å²) in [5.41, 5.74) is -0.0308. The van der Waals surface area contributed by atoms with Crippen LogP contribution < -0.4 is 4.72 Å². The molecule has 21 heavy (non-hydrogen) atoms. The van der Waals surface area contributed by atoms with E-state index in [1.807, 2.05) is 0 Å². The molecule has 0 amide bonds. The molecule has 0 fully saturated rings. The van der Waals surface area contributed by atoms with E-state index in [4.69, 9.17) is 16.7 Å². The summed E-state index contributed by atoms with van der Waals surface area (Å²) in [5.74, 6) is -1.16. The van der Waals surface area contributed by atoms with Crippen LogP contribution in [0.1, 0.15) is 10.4 Å². The molecule has 1 heterocycles. The fraction of sp³-hybridized carbons (Fsp3) is 0. The number of carboxylic acids is 1. The molecular weight excluding hydrogens is 384 g/mol. The van der Waals surface area contributed by atoms with Gasteiger partial charge in [0.05, 0.1) is 10.6 Å². The standard InChI is InChI=1S/C12H8BrClN2O4S/c13-8-6-7(12(17)18)3-4-10(8)21(19,20)16-11-9(14)2-1-5-15-11/h1-6H,(H,15,16)(H,17,18). The fourth-order valence-electron chi connectivity index (χ4n) is 1.49. The Hall–Kier alpha value is -1.64. The number of nitrogens with zero attached hydrogens (tertiary/aromatic N) is 1. The second kappa shape index (κ2) is 6.00. The number of hydrogen-bond donors (Lipinski definition) is 2. The normalized spacial score (nSPS) is 11.1. The summed E-state index contributed by atoms with van der Waals surface area (Å²) < 4.78 is 26.9. The second-order valence-corrected chi connectivity index (χ2v) is 6.80. The van der Waals surface area contributed by atoms with E-state index in [1.165, 1.54) is 30.5 Å². The number of aromatic carboxylic acids is 1. The zero-order chi connectivity index (χ0) is 15.6. The van der Waals surface area contributed by atoms with Crippen molar-refractivity contribution in [3.8, 4) is 0 Å². The first kappa shape index (κ1) is 15.7. The van der Waals surface area contributed by atoms with Gasteiger partial charge in [0.25, 0.3) is 10.0 Å². The minimum Gasteiger partial charge on any atom is -0.478 e. The number of sulfonamides is 1. The van der Waals surface area contributed by atoms with E-state index in [2.05, 4.69) is 25.6 Å². The molecule has 0 radical (unpaired) electrons. The lowest BCUT2D eigenvalue weighted by molar-refractivity contribution is 0.0696. The Morgan fingerprint density at radius 3 is 2.62 bits per heavy atom. The van der Waals surface area contributed by atoms with Crippen LogP contribution in [0.4, 0.5) is 5.82 Å². The molecule has 0 spiro atoms. The van der Waals surface area contributed by atoms with Crippen molar-refractivity contribution in [2.75, 3.05) is 4.72 Å². The number of carboxylic acid groups (broad SMARTS) is 1. The van der Waals surface area contributed by atoms with Gasteiger partial charge < -0.3 is 5.11 Å². The molecule has 0 bridgehead atoms. The van der Waals surface area contributed by atoms with Crippen LogP contribution in [0.15, 0.2) is 45.9 Å². The average molecular weight is 392 g/mol. The number of anilines is 1. The minimum atomic E-state index is -3.95. The van der Waals surface area contributed by atoms with Crippen LogP contribution in [0.25, 0.3) is 0 Å². The summed E-state index contributed by atoms with van der Waals surface area (Å²) in [7, 11) is -3.95. The molecule has 0 aliphatic heterocycles. The average Bonchev–Trinajstić information content (AvgIpc) is 2.40. The first-order chi connectivity index (χ1) is 9.81. The third kappa shape index (κ3) is 3.52. The molecule has 9 heteroatoms. The molecule has 110 valence electrons. The molecule has 2 aromatic rings. The van der Waals surface area contributed by atoms with Crippen LogP contribution in [-0.4, -0.2) is 24.5 Å². The van der Waals surface area contributed by atoms with Crippen molar-refractivity contribution >= 4 is 49.3 Å². The van der Waals surface area contributed by atoms with E-state index in [1.54, 1.807) is 6.07 Å². The van der Waals surface area contributed by atoms with Crippen molar-refractivity contribution in [3.05, 3.63) is 51.6 Å². The number of pyridine rings is 1. The second-order valence-electron chi connectivity index (χ2n) is 3.89. The Bertz CT molecular complexity index is 811. The molecule has 0 saturated heterocycles. The van der Waals surface area contributed by atoms with Gasteiger partial charge in [-0.15, -0.1) is 0 Å². The molecule has 1 aromatic carbocycles. The van der Waals surface area contributed by atoms with E-state index >= 15 is 0 Å². The number of halogens is 2. The van der Waals surface area contributed by atoms with Crippen molar-refractivity contribution in [2.24, 2.45) is 0 Å². The first-order valence-electron chi connectivity index (χ1n) is 5.47. The van der Waals surface area contributed by atoms with Gasteiger partial charge in [-0.1, -0.05) is 11.6 Å². The Morgan fingerprint density at radius 1 is 1.33 bits per heavy atom. The Labute approximate surface area is 134 Å². The molecular formula is C12H8BrClN2O4S. The maximum absolute atomic E-state index is 12.3. The van der Waals surface area contributed by atoms with E-state index < -0.39 is 16.0 Å². The predicted octanol–water partition coefficient (Wildman–Crippen LogP) is 3.00. The topological polar surface area (TPSA) is 96.4 Å². The number of aromatic nitrogens is 1. The summed E-state index contributed by atoms with van der Waals surface area (Å²) >= 11 is 8.89. The molecule has 2 rings (SSSR count). The first-order valence-corrected chi connectivity index (χ1v) is 8.13. The van der Waals surface area contributed by atoms with Crippen LogP contribution >= 0.6 is 27.5 Å². The summed E-state index contributed by atoms with van der Waals surface area (Å²) in [6.45, 7) is 0. The van der Waals surface area contributed by atoms with Crippen molar-refractivity contribution in [1.29, 1.82) is 0 Å². The maximum Gasteiger partial charge on any atom is 0.335 e. The Kier molecular flexibility index (Phi) is 4.50. The van der Waals surface area contributed by atoms with Crippen LogP contribution in [0, 0.1) is 0 Å². The number of carbonyl (C=O) groups is 1. The van der Waals surface area contributed by atoms with Crippen LogP contribution in [0.3, 0.4) is 0 Å². The largest absolute Gasteiger partial charge is 0.478 e. The molecule has 0 aliphatic carbocycles. The van der Waals surface area contributed by atoms with Crippen LogP contribution in [-0.2, 0) is 10.0 Å². The number of rotatable bonds is 4. The molecule has 0 unspecified atom stereocenters. The van der Waals surface area contributed by atoms with E-state index in [0.29, 0.717) is 0 Å². The van der Waals surface area contributed by atoms with Gasteiger partial charge in [0.2, 0.25) is 0 Å². The highest BCUT2D eigenvalue weighted by Crippen LogP contribution is 2.27. The third-order valence-electron chi connectivity index (χ3n) is 2.46. The Morgan fingerprint density at radius 2 is 2.05 bits per heavy atom.